The lowest BCUT2D eigenvalue weighted by Crippen LogP contribution is -2.45. The van der Waals surface area contributed by atoms with Gasteiger partial charge in [0, 0.05) is 18.2 Å². The minimum atomic E-state index is -0.990. The van der Waals surface area contributed by atoms with Crippen LogP contribution in [0.1, 0.15) is 11.1 Å². The molecule has 0 aliphatic rings. The van der Waals surface area contributed by atoms with Crippen LogP contribution in [0, 0.1) is 0 Å². The number of primary amides is 2. The number of ether oxygens (including phenoxy) is 2. The van der Waals surface area contributed by atoms with Gasteiger partial charge < -0.3 is 20.9 Å². The average Bonchev–Trinajstić information content (AvgIpc) is 2.66. The lowest BCUT2D eigenvalue weighted by atomic mass is 10.1. The van der Waals surface area contributed by atoms with E-state index in [-0.39, 0.29) is 18.2 Å². The first-order valence-corrected chi connectivity index (χ1v) is 7.53. The number of nitrogens with zero attached hydrogens (tertiary/aromatic N) is 4. The van der Waals surface area contributed by atoms with Gasteiger partial charge in [-0.15, -0.1) is 0 Å². The maximum absolute atomic E-state index is 11.5. The molecule has 0 aliphatic carbocycles. The molecule has 1 aromatic heterocycles. The Morgan fingerprint density at radius 1 is 1.04 bits per heavy atom. The number of aromatic nitrogens is 2. The molecule has 8 N–H and O–H groups in total. The van der Waals surface area contributed by atoms with E-state index in [9.17, 15) is 9.59 Å². The maximum Gasteiger partial charge on any atom is 0.336 e. The summed E-state index contributed by atoms with van der Waals surface area (Å²) in [6.45, 7) is 0. The van der Waals surface area contributed by atoms with Crippen molar-refractivity contribution in [2.45, 2.75) is 6.42 Å². The molecule has 12 nitrogen and oxygen atoms in total. The first-order chi connectivity index (χ1) is 12.8. The standard InChI is InChI=1S/C15H20N8O4/c1-26-10-4-3-8(6-11(10)27-2)5-9-7-20-15(23(19)14(17)25)21-12(9)22(18)13(16)24/h3-4,6-7H,5,18-19H2,1-2H3,(H2,16,24)(H2,17,25). The van der Waals surface area contributed by atoms with Gasteiger partial charge in [-0.25, -0.2) is 31.3 Å². The molecule has 0 atom stereocenters. The van der Waals surface area contributed by atoms with Crippen LogP contribution < -0.4 is 42.6 Å². The number of amides is 4. The molecular weight excluding hydrogens is 356 g/mol. The molecule has 0 aliphatic heterocycles. The molecule has 27 heavy (non-hydrogen) atoms. The Bertz CT molecular complexity index is 860. The Morgan fingerprint density at radius 2 is 1.67 bits per heavy atom. The van der Waals surface area contributed by atoms with Gasteiger partial charge in [-0.1, -0.05) is 6.07 Å². The van der Waals surface area contributed by atoms with Crippen LogP contribution in [-0.2, 0) is 6.42 Å². The number of hydrazine groups is 2. The predicted molar refractivity (Wildman–Crippen MR) is 96.9 cm³/mol. The highest BCUT2D eigenvalue weighted by Crippen LogP contribution is 2.29. The summed E-state index contributed by atoms with van der Waals surface area (Å²) in [6, 6.07) is 3.32. The van der Waals surface area contributed by atoms with Crippen molar-refractivity contribution in [1.82, 2.24) is 9.97 Å². The fourth-order valence-corrected chi connectivity index (χ4v) is 2.25. The molecule has 12 heteroatoms. The number of rotatable bonds is 6. The van der Waals surface area contributed by atoms with Gasteiger partial charge in [-0.05, 0) is 17.7 Å². The fraction of sp³-hybridized carbons (Fsp3) is 0.200. The molecule has 0 bridgehead atoms. The van der Waals surface area contributed by atoms with E-state index in [4.69, 9.17) is 32.6 Å². The minimum Gasteiger partial charge on any atom is -0.493 e. The number of hydrogen-bond donors (Lipinski definition) is 4. The van der Waals surface area contributed by atoms with Crippen LogP contribution in [0.4, 0.5) is 21.4 Å². The van der Waals surface area contributed by atoms with E-state index in [1.165, 1.54) is 20.4 Å². The Labute approximate surface area is 154 Å². The smallest absolute Gasteiger partial charge is 0.336 e. The van der Waals surface area contributed by atoms with Gasteiger partial charge in [0.15, 0.2) is 17.3 Å². The monoisotopic (exact) mass is 376 g/mol. The fourth-order valence-electron chi connectivity index (χ4n) is 2.25. The molecular formula is C15H20N8O4. The number of carbonyl (C=O) groups is 2. The van der Waals surface area contributed by atoms with E-state index < -0.39 is 12.1 Å². The molecule has 0 saturated heterocycles. The van der Waals surface area contributed by atoms with E-state index in [1.807, 2.05) is 0 Å². The Morgan fingerprint density at radius 3 is 2.22 bits per heavy atom. The van der Waals surface area contributed by atoms with Crippen molar-refractivity contribution in [1.29, 1.82) is 0 Å². The zero-order valence-electron chi connectivity index (χ0n) is 14.7. The number of urea groups is 2. The largest absolute Gasteiger partial charge is 0.493 e. The van der Waals surface area contributed by atoms with Crippen molar-refractivity contribution in [2.24, 2.45) is 23.2 Å². The summed E-state index contributed by atoms with van der Waals surface area (Å²) in [5.74, 6) is 12.0. The summed E-state index contributed by atoms with van der Waals surface area (Å²) in [5.41, 5.74) is 11.6. The normalized spacial score (nSPS) is 10.2. The topological polar surface area (TPSA) is 189 Å². The third kappa shape index (κ3) is 4.31. The van der Waals surface area contributed by atoms with Crippen LogP contribution in [-0.4, -0.2) is 36.2 Å². The molecule has 0 fully saturated rings. The molecule has 2 aromatic rings. The van der Waals surface area contributed by atoms with Gasteiger partial charge in [-0.2, -0.15) is 9.99 Å². The van der Waals surface area contributed by atoms with Gasteiger partial charge >= 0.3 is 12.1 Å². The summed E-state index contributed by atoms with van der Waals surface area (Å²) >= 11 is 0. The van der Waals surface area contributed by atoms with Crippen molar-refractivity contribution >= 4 is 23.8 Å². The SMILES string of the molecule is COc1ccc(Cc2cnc(N(N)C(N)=O)nc2N(N)C(N)=O)cc1OC. The second-order valence-corrected chi connectivity index (χ2v) is 5.30. The van der Waals surface area contributed by atoms with Crippen molar-refractivity contribution in [3.05, 3.63) is 35.5 Å². The van der Waals surface area contributed by atoms with E-state index in [0.717, 1.165) is 5.56 Å². The number of anilines is 2. The number of nitrogens with two attached hydrogens (primary N) is 4. The number of hydrogen-bond acceptors (Lipinski definition) is 8. The number of benzene rings is 1. The lowest BCUT2D eigenvalue weighted by Gasteiger charge is -2.19. The molecule has 144 valence electrons. The van der Waals surface area contributed by atoms with Crippen molar-refractivity contribution < 1.29 is 19.1 Å². The first-order valence-electron chi connectivity index (χ1n) is 7.53. The van der Waals surface area contributed by atoms with Crippen molar-refractivity contribution in [2.75, 3.05) is 24.2 Å². The molecule has 1 aromatic carbocycles. The predicted octanol–water partition coefficient (Wildman–Crippen LogP) is -0.398. The van der Waals surface area contributed by atoms with Crippen LogP contribution in [0.25, 0.3) is 0 Å². The quantitative estimate of drug-likeness (QED) is 0.297. The second kappa shape index (κ2) is 8.16. The van der Waals surface area contributed by atoms with Crippen LogP contribution >= 0.6 is 0 Å². The second-order valence-electron chi connectivity index (χ2n) is 5.30. The third-order valence-electron chi connectivity index (χ3n) is 3.59. The lowest BCUT2D eigenvalue weighted by molar-refractivity contribution is 0.253. The summed E-state index contributed by atoms with van der Waals surface area (Å²) in [6.07, 6.45) is 1.64. The minimum absolute atomic E-state index is 0.0287. The summed E-state index contributed by atoms with van der Waals surface area (Å²) in [5, 5.41) is 1.13. The van der Waals surface area contributed by atoms with Gasteiger partial charge in [0.1, 0.15) is 0 Å². The van der Waals surface area contributed by atoms with Gasteiger partial charge in [0.25, 0.3) is 5.95 Å². The molecule has 0 radical (unpaired) electrons. The van der Waals surface area contributed by atoms with Gasteiger partial charge in [0.2, 0.25) is 0 Å². The highest BCUT2D eigenvalue weighted by Gasteiger charge is 2.20. The molecule has 0 unspecified atom stereocenters. The zero-order valence-corrected chi connectivity index (χ0v) is 14.7. The Kier molecular flexibility index (Phi) is 5.95. The van der Waals surface area contributed by atoms with E-state index in [0.29, 0.717) is 27.1 Å². The summed E-state index contributed by atoms with van der Waals surface area (Å²) in [4.78, 5) is 30.7. The molecule has 0 saturated carbocycles. The van der Waals surface area contributed by atoms with Gasteiger partial charge in [0.05, 0.1) is 14.2 Å². The Hall–Kier alpha value is -3.64. The van der Waals surface area contributed by atoms with Crippen LogP contribution in [0.3, 0.4) is 0 Å². The van der Waals surface area contributed by atoms with Crippen molar-refractivity contribution in [3.8, 4) is 11.5 Å². The number of methoxy groups -OCH3 is 2. The molecule has 0 spiro atoms. The molecule has 2 rings (SSSR count). The summed E-state index contributed by atoms with van der Waals surface area (Å²) < 4.78 is 10.5. The van der Waals surface area contributed by atoms with E-state index in [2.05, 4.69) is 9.97 Å². The van der Waals surface area contributed by atoms with Gasteiger partial charge in [-0.3, -0.25) is 0 Å². The van der Waals surface area contributed by atoms with E-state index >= 15 is 0 Å². The van der Waals surface area contributed by atoms with Crippen molar-refractivity contribution in [3.63, 3.8) is 0 Å². The molecule has 1 heterocycles. The van der Waals surface area contributed by atoms with E-state index in [1.54, 1.807) is 18.2 Å². The van der Waals surface area contributed by atoms with Crippen LogP contribution in [0.15, 0.2) is 24.4 Å². The number of carbonyl (C=O) groups excluding carboxylic acids is 2. The Balaban J connectivity index is 2.46. The molecule has 4 amide bonds. The third-order valence-corrected chi connectivity index (χ3v) is 3.59. The first kappa shape index (κ1) is 19.7. The summed E-state index contributed by atoms with van der Waals surface area (Å²) in [7, 11) is 3.04. The highest BCUT2D eigenvalue weighted by molar-refractivity contribution is 5.90. The van der Waals surface area contributed by atoms with Crippen LogP contribution in [0.2, 0.25) is 0 Å². The maximum atomic E-state index is 11.5. The zero-order chi connectivity index (χ0) is 20.1. The average molecular weight is 376 g/mol. The highest BCUT2D eigenvalue weighted by atomic mass is 16.5. The van der Waals surface area contributed by atoms with Crippen LogP contribution in [0.5, 0.6) is 11.5 Å².